The second-order valence-electron chi connectivity index (χ2n) is 5.51. The molecule has 1 aromatic carbocycles. The summed E-state index contributed by atoms with van der Waals surface area (Å²) in [5.74, 6) is 0.367. The van der Waals surface area contributed by atoms with Crippen LogP contribution >= 0.6 is 0 Å². The molecule has 5 heteroatoms. The molecule has 0 radical (unpaired) electrons. The molecule has 3 N–H and O–H groups in total. The lowest BCUT2D eigenvalue weighted by Crippen LogP contribution is -2.16. The number of hydrogen-bond acceptors (Lipinski definition) is 4. The minimum atomic E-state index is -3.31. The molecule has 21 heavy (non-hydrogen) atoms. The Morgan fingerprint density at radius 1 is 1.24 bits per heavy atom. The first-order valence-corrected chi connectivity index (χ1v) is 9.30. The topological polar surface area (TPSA) is 80.4 Å². The Bertz CT molecular complexity index is 528. The maximum absolute atomic E-state index is 12.5. The number of benzene rings is 1. The minimum Gasteiger partial charge on any atom is -0.388 e. The normalized spacial score (nSPS) is 14.9. The molecule has 0 heterocycles. The zero-order valence-corrected chi connectivity index (χ0v) is 13.8. The van der Waals surface area contributed by atoms with Gasteiger partial charge in [0.25, 0.3) is 0 Å². The van der Waals surface area contributed by atoms with Crippen LogP contribution in [0, 0.1) is 5.92 Å². The third-order valence-electron chi connectivity index (χ3n) is 3.77. The molecule has 0 fully saturated rings. The Balaban J connectivity index is 2.95. The first-order chi connectivity index (χ1) is 9.94. The van der Waals surface area contributed by atoms with Crippen molar-refractivity contribution in [3.05, 3.63) is 29.8 Å². The van der Waals surface area contributed by atoms with Crippen LogP contribution in [-0.4, -0.2) is 25.8 Å². The van der Waals surface area contributed by atoms with Gasteiger partial charge in [-0.15, -0.1) is 0 Å². The second kappa shape index (κ2) is 8.51. The van der Waals surface area contributed by atoms with E-state index in [1.807, 2.05) is 6.92 Å². The van der Waals surface area contributed by atoms with E-state index in [2.05, 4.69) is 6.92 Å². The summed E-state index contributed by atoms with van der Waals surface area (Å²) in [6, 6.07) is 6.60. The van der Waals surface area contributed by atoms with Crippen molar-refractivity contribution in [1.82, 2.24) is 0 Å². The van der Waals surface area contributed by atoms with Gasteiger partial charge in [0.15, 0.2) is 9.84 Å². The van der Waals surface area contributed by atoms with Crippen LogP contribution in [0.4, 0.5) is 0 Å². The Morgan fingerprint density at radius 3 is 2.52 bits per heavy atom. The molecule has 2 atom stereocenters. The predicted molar refractivity (Wildman–Crippen MR) is 85.8 cm³/mol. The smallest absolute Gasteiger partial charge is 0.178 e. The second-order valence-corrected chi connectivity index (χ2v) is 7.54. The molecule has 0 aliphatic heterocycles. The summed E-state index contributed by atoms with van der Waals surface area (Å²) < 4.78 is 25.0. The van der Waals surface area contributed by atoms with E-state index in [1.165, 1.54) is 0 Å². The summed E-state index contributed by atoms with van der Waals surface area (Å²) in [4.78, 5) is 0.297. The third kappa shape index (κ3) is 5.41. The van der Waals surface area contributed by atoms with Gasteiger partial charge in [-0.25, -0.2) is 8.42 Å². The maximum Gasteiger partial charge on any atom is 0.178 e. The number of hydrogen-bond donors (Lipinski definition) is 2. The van der Waals surface area contributed by atoms with Crippen LogP contribution in [0.3, 0.4) is 0 Å². The number of sulfone groups is 1. The van der Waals surface area contributed by atoms with Gasteiger partial charge in [0, 0.05) is 0 Å². The van der Waals surface area contributed by atoms with Gasteiger partial charge in [-0.3, -0.25) is 0 Å². The van der Waals surface area contributed by atoms with Crippen molar-refractivity contribution >= 4 is 9.84 Å². The van der Waals surface area contributed by atoms with Gasteiger partial charge in [-0.2, -0.15) is 0 Å². The maximum atomic E-state index is 12.5. The number of aliphatic hydroxyl groups excluding tert-OH is 1. The lowest BCUT2D eigenvalue weighted by Gasteiger charge is -2.15. The summed E-state index contributed by atoms with van der Waals surface area (Å²) in [6.45, 7) is 4.46. The van der Waals surface area contributed by atoms with Crippen LogP contribution in [0.15, 0.2) is 29.2 Å². The summed E-state index contributed by atoms with van der Waals surface area (Å²) in [7, 11) is -3.31. The van der Waals surface area contributed by atoms with E-state index in [-0.39, 0.29) is 11.7 Å². The molecular weight excluding hydrogens is 286 g/mol. The summed E-state index contributed by atoms with van der Waals surface area (Å²) >= 11 is 0. The Hall–Kier alpha value is -0.910. The van der Waals surface area contributed by atoms with Crippen molar-refractivity contribution in [2.45, 2.75) is 50.5 Å². The highest BCUT2D eigenvalue weighted by atomic mass is 32.2. The fraction of sp³-hybridized carbons (Fsp3) is 0.625. The van der Waals surface area contributed by atoms with Gasteiger partial charge in [-0.1, -0.05) is 38.8 Å². The number of rotatable bonds is 9. The van der Waals surface area contributed by atoms with Crippen molar-refractivity contribution in [2.24, 2.45) is 11.7 Å². The average Bonchev–Trinajstić information content (AvgIpc) is 2.47. The summed E-state index contributed by atoms with van der Waals surface area (Å²) in [5, 5.41) is 9.95. The molecule has 0 saturated carbocycles. The summed E-state index contributed by atoms with van der Waals surface area (Å²) in [5.41, 5.74) is 6.05. The number of nitrogens with two attached hydrogens (primary N) is 1. The first kappa shape index (κ1) is 18.1. The molecule has 120 valence electrons. The van der Waals surface area contributed by atoms with Crippen molar-refractivity contribution in [3.8, 4) is 0 Å². The molecular formula is C16H27NO3S. The van der Waals surface area contributed by atoms with Crippen LogP contribution in [0.5, 0.6) is 0 Å². The van der Waals surface area contributed by atoms with E-state index in [4.69, 9.17) is 5.73 Å². The molecule has 0 aliphatic rings. The van der Waals surface area contributed by atoms with Gasteiger partial charge < -0.3 is 10.8 Å². The van der Waals surface area contributed by atoms with Gasteiger partial charge in [0.2, 0.25) is 0 Å². The van der Waals surface area contributed by atoms with Crippen LogP contribution in [-0.2, 0) is 9.84 Å². The van der Waals surface area contributed by atoms with Crippen LogP contribution < -0.4 is 5.73 Å². The zero-order valence-electron chi connectivity index (χ0n) is 13.0. The minimum absolute atomic E-state index is 0.174. The molecule has 1 unspecified atom stereocenters. The van der Waals surface area contributed by atoms with Crippen molar-refractivity contribution in [3.63, 3.8) is 0 Å². The molecule has 0 aromatic heterocycles. The molecule has 0 spiro atoms. The van der Waals surface area contributed by atoms with Crippen LogP contribution in [0.2, 0.25) is 0 Å². The van der Waals surface area contributed by atoms with Crippen LogP contribution in [0.25, 0.3) is 0 Å². The van der Waals surface area contributed by atoms with Gasteiger partial charge >= 0.3 is 0 Å². The Morgan fingerprint density at radius 2 is 1.95 bits per heavy atom. The molecule has 1 rings (SSSR count). The first-order valence-electron chi connectivity index (χ1n) is 7.65. The SMILES string of the molecule is CCCC(CC)CS(=O)(=O)c1cccc([C@H](O)CCN)c1. The lowest BCUT2D eigenvalue weighted by atomic mass is 10.0. The fourth-order valence-corrected chi connectivity index (χ4v) is 4.28. The average molecular weight is 313 g/mol. The largest absolute Gasteiger partial charge is 0.388 e. The van der Waals surface area contributed by atoms with E-state index in [0.717, 1.165) is 19.3 Å². The highest BCUT2D eigenvalue weighted by molar-refractivity contribution is 7.91. The molecule has 1 aromatic rings. The molecule has 0 saturated heterocycles. The van der Waals surface area contributed by atoms with Crippen molar-refractivity contribution < 1.29 is 13.5 Å². The molecule has 4 nitrogen and oxygen atoms in total. The highest BCUT2D eigenvalue weighted by Crippen LogP contribution is 2.23. The lowest BCUT2D eigenvalue weighted by molar-refractivity contribution is 0.170. The van der Waals surface area contributed by atoms with Crippen molar-refractivity contribution in [2.75, 3.05) is 12.3 Å². The van der Waals surface area contributed by atoms with E-state index >= 15 is 0 Å². The Kier molecular flexibility index (Phi) is 7.35. The molecule has 0 aliphatic carbocycles. The Labute approximate surface area is 128 Å². The highest BCUT2D eigenvalue weighted by Gasteiger charge is 2.21. The molecule has 0 amide bonds. The molecule has 0 bridgehead atoms. The van der Waals surface area contributed by atoms with E-state index in [1.54, 1.807) is 24.3 Å². The third-order valence-corrected chi connectivity index (χ3v) is 5.65. The van der Waals surface area contributed by atoms with Gasteiger partial charge in [0.1, 0.15) is 0 Å². The van der Waals surface area contributed by atoms with Gasteiger partial charge in [0.05, 0.1) is 16.8 Å². The monoisotopic (exact) mass is 313 g/mol. The van der Waals surface area contributed by atoms with Gasteiger partial charge in [-0.05, 0) is 43.0 Å². The standard InChI is InChI=1S/C16H27NO3S/c1-3-6-13(4-2)12-21(19,20)15-8-5-7-14(11-15)16(18)9-10-17/h5,7-8,11,13,16,18H,3-4,6,9-10,12,17H2,1-2H3/t13?,16-/m1/s1. The van der Waals surface area contributed by atoms with Crippen molar-refractivity contribution in [1.29, 1.82) is 0 Å². The zero-order chi connectivity index (χ0) is 15.9. The number of aliphatic hydroxyl groups is 1. The van der Waals surface area contributed by atoms with Crippen LogP contribution in [0.1, 0.15) is 51.2 Å². The van der Waals surface area contributed by atoms with E-state index in [0.29, 0.717) is 23.4 Å². The quantitative estimate of drug-likeness (QED) is 0.734. The van der Waals surface area contributed by atoms with E-state index in [9.17, 15) is 13.5 Å². The summed E-state index contributed by atoms with van der Waals surface area (Å²) in [6.07, 6.45) is 2.50. The fourth-order valence-electron chi connectivity index (χ4n) is 2.46. The van der Waals surface area contributed by atoms with E-state index < -0.39 is 15.9 Å². The predicted octanol–water partition coefficient (Wildman–Crippen LogP) is 2.67.